The van der Waals surface area contributed by atoms with E-state index in [1.165, 1.54) is 11.1 Å². The van der Waals surface area contributed by atoms with Crippen molar-refractivity contribution in [3.63, 3.8) is 0 Å². The van der Waals surface area contributed by atoms with Crippen LogP contribution in [0.1, 0.15) is 35.1 Å². The Bertz CT molecular complexity index is 1380. The zero-order chi connectivity index (χ0) is 31.9. The molecule has 0 saturated heterocycles. The molecule has 0 radical (unpaired) electrons. The molecule has 44 heavy (non-hydrogen) atoms. The molecule has 16 N–H and O–H groups in total. The smallest absolute Gasteiger partial charge is 0.185 e. The Hall–Kier alpha value is -5.26. The molecule has 12 nitrogen and oxygen atoms in total. The van der Waals surface area contributed by atoms with Crippen LogP contribution in [0.2, 0.25) is 0 Å². The summed E-state index contributed by atoms with van der Waals surface area (Å²) >= 11 is 0. The molecule has 12 heteroatoms. The van der Waals surface area contributed by atoms with Gasteiger partial charge in [0.15, 0.2) is 23.8 Å². The van der Waals surface area contributed by atoms with Crippen LogP contribution in [0.25, 0.3) is 22.3 Å². The van der Waals surface area contributed by atoms with Gasteiger partial charge in [0, 0.05) is 26.2 Å². The highest BCUT2D eigenvalue weighted by Crippen LogP contribution is 2.30. The second-order valence-corrected chi connectivity index (χ2v) is 10.6. The maximum absolute atomic E-state index is 5.55. The van der Waals surface area contributed by atoms with Crippen LogP contribution in [0, 0.1) is 0 Å². The van der Waals surface area contributed by atoms with E-state index in [0.717, 1.165) is 59.1 Å². The molecule has 0 aromatic heterocycles. The monoisotopic (exact) mass is 598 g/mol. The van der Waals surface area contributed by atoms with Crippen molar-refractivity contribution in [2.75, 3.05) is 26.2 Å². The van der Waals surface area contributed by atoms with Gasteiger partial charge >= 0.3 is 0 Å². The van der Waals surface area contributed by atoms with Crippen LogP contribution in [0.5, 0.6) is 0 Å². The van der Waals surface area contributed by atoms with Gasteiger partial charge in [-0.15, -0.1) is 0 Å². The third-order valence-electron chi connectivity index (χ3n) is 6.86. The molecule has 234 valence electrons. The molecule has 0 aliphatic rings. The van der Waals surface area contributed by atoms with Crippen molar-refractivity contribution in [3.8, 4) is 22.3 Å². The Balaban J connectivity index is 1.95. The molecular weight excluding hydrogens is 552 g/mol. The number of benzene rings is 3. The average molecular weight is 599 g/mol. The number of nitrogens with two attached hydrogens (primary N) is 8. The van der Waals surface area contributed by atoms with Crippen LogP contribution >= 0.6 is 0 Å². The number of hydrogen-bond acceptors (Lipinski definition) is 4. The lowest BCUT2D eigenvalue weighted by Crippen LogP contribution is -2.23. The molecule has 3 aromatic rings. The summed E-state index contributed by atoms with van der Waals surface area (Å²) in [5, 5.41) is 0. The zero-order valence-electron chi connectivity index (χ0n) is 25.3. The fraction of sp³-hybridized carbons (Fsp3) is 0.312. The van der Waals surface area contributed by atoms with Crippen LogP contribution < -0.4 is 45.9 Å². The Morgan fingerprint density at radius 1 is 0.386 bits per heavy atom. The van der Waals surface area contributed by atoms with Crippen LogP contribution in [0.15, 0.2) is 80.6 Å². The molecule has 0 spiro atoms. The van der Waals surface area contributed by atoms with Gasteiger partial charge < -0.3 is 45.9 Å². The Morgan fingerprint density at radius 2 is 0.727 bits per heavy atom. The maximum atomic E-state index is 5.55. The number of aryl methyl sites for hydroxylation is 2. The van der Waals surface area contributed by atoms with Gasteiger partial charge in [-0.1, -0.05) is 54.6 Å². The van der Waals surface area contributed by atoms with E-state index in [-0.39, 0.29) is 23.8 Å². The molecule has 0 fully saturated rings. The second kappa shape index (κ2) is 17.0. The normalized spacial score (nSPS) is 10.5. The minimum Gasteiger partial charge on any atom is -0.370 e. The fourth-order valence-electron chi connectivity index (χ4n) is 4.93. The highest BCUT2D eigenvalue weighted by atomic mass is 15.0. The molecule has 0 saturated carbocycles. The second-order valence-electron chi connectivity index (χ2n) is 10.6. The van der Waals surface area contributed by atoms with E-state index >= 15 is 0 Å². The van der Waals surface area contributed by atoms with Crippen LogP contribution in [0.3, 0.4) is 0 Å². The number of rotatable bonds is 16. The quantitative estimate of drug-likeness (QED) is 0.0670. The van der Waals surface area contributed by atoms with E-state index < -0.39 is 0 Å². The topological polar surface area (TPSA) is 258 Å². The lowest BCUT2D eigenvalue weighted by atomic mass is 9.92. The lowest BCUT2D eigenvalue weighted by molar-refractivity contribution is 0.828. The van der Waals surface area contributed by atoms with Gasteiger partial charge in [-0.3, -0.25) is 20.0 Å². The summed E-state index contributed by atoms with van der Waals surface area (Å²) in [4.78, 5) is 16.6. The first-order valence-corrected chi connectivity index (χ1v) is 14.7. The highest BCUT2D eigenvalue weighted by molar-refractivity contribution is 5.77. The predicted molar refractivity (Wildman–Crippen MR) is 184 cm³/mol. The molecule has 0 unspecified atom stereocenters. The summed E-state index contributed by atoms with van der Waals surface area (Å²) < 4.78 is 0. The molecular formula is C32H46N12. The van der Waals surface area contributed by atoms with E-state index in [4.69, 9.17) is 45.9 Å². The number of aliphatic imine (C=N–C) groups is 4. The van der Waals surface area contributed by atoms with Gasteiger partial charge in [-0.05, 0) is 89.1 Å². The summed E-state index contributed by atoms with van der Waals surface area (Å²) in [5.41, 5.74) is 53.4. The Labute approximate surface area is 259 Å². The van der Waals surface area contributed by atoms with Crippen molar-refractivity contribution in [2.24, 2.45) is 65.8 Å². The molecule has 0 aliphatic carbocycles. The fourth-order valence-corrected chi connectivity index (χ4v) is 4.93. The number of nitrogens with zero attached hydrogens (tertiary/aromatic N) is 4. The van der Waals surface area contributed by atoms with Crippen molar-refractivity contribution in [3.05, 3.63) is 82.9 Å². The highest BCUT2D eigenvalue weighted by Gasteiger charge is 2.09. The molecule has 3 aromatic carbocycles. The lowest BCUT2D eigenvalue weighted by Gasteiger charge is -2.13. The molecule has 0 heterocycles. The van der Waals surface area contributed by atoms with Crippen LogP contribution in [0.4, 0.5) is 0 Å². The average Bonchev–Trinajstić information content (AvgIpc) is 2.97. The van der Waals surface area contributed by atoms with Gasteiger partial charge in [-0.25, -0.2) is 0 Å². The first-order valence-electron chi connectivity index (χ1n) is 14.7. The van der Waals surface area contributed by atoms with Gasteiger partial charge in [0.1, 0.15) is 0 Å². The first kappa shape index (κ1) is 33.2. The van der Waals surface area contributed by atoms with Crippen molar-refractivity contribution in [1.29, 1.82) is 0 Å². The number of guanidine groups is 4. The molecule has 0 bridgehead atoms. The van der Waals surface area contributed by atoms with Crippen LogP contribution in [-0.2, 0) is 25.7 Å². The van der Waals surface area contributed by atoms with Crippen molar-refractivity contribution in [1.82, 2.24) is 0 Å². The SMILES string of the molecule is NC(N)=NCCCc1cc(CCN=C(N)N)cc(-c2cccc(-c3cc(CCCN=C(N)N)cc(CCN=C(N)N)c3)c2)c1. The molecule has 0 atom stereocenters. The van der Waals surface area contributed by atoms with Gasteiger partial charge in [0.2, 0.25) is 0 Å². The van der Waals surface area contributed by atoms with E-state index in [9.17, 15) is 0 Å². The molecule has 3 rings (SSSR count). The van der Waals surface area contributed by atoms with E-state index in [2.05, 4.69) is 80.6 Å². The van der Waals surface area contributed by atoms with Gasteiger partial charge in [0.05, 0.1) is 0 Å². The summed E-state index contributed by atoms with van der Waals surface area (Å²) in [6, 6.07) is 21.8. The third-order valence-corrected chi connectivity index (χ3v) is 6.86. The van der Waals surface area contributed by atoms with E-state index in [0.29, 0.717) is 39.0 Å². The predicted octanol–water partition coefficient (Wildman–Crippen LogP) is 1.06. The van der Waals surface area contributed by atoms with E-state index in [1.807, 2.05) is 0 Å². The minimum atomic E-state index is 0.0856. The van der Waals surface area contributed by atoms with Gasteiger partial charge in [-0.2, -0.15) is 0 Å². The maximum Gasteiger partial charge on any atom is 0.185 e. The van der Waals surface area contributed by atoms with Crippen molar-refractivity contribution < 1.29 is 0 Å². The van der Waals surface area contributed by atoms with Gasteiger partial charge in [0.25, 0.3) is 0 Å². The zero-order valence-corrected chi connectivity index (χ0v) is 25.3. The summed E-state index contributed by atoms with van der Waals surface area (Å²) in [7, 11) is 0. The first-order chi connectivity index (χ1) is 21.1. The van der Waals surface area contributed by atoms with Crippen molar-refractivity contribution >= 4 is 23.8 Å². The minimum absolute atomic E-state index is 0.0856. The van der Waals surface area contributed by atoms with E-state index in [1.54, 1.807) is 0 Å². The summed E-state index contributed by atoms with van der Waals surface area (Å²) in [5.74, 6) is 0.376. The standard InChI is InChI=1S/C32H46N12/c33-29(34)41-10-2-4-21-14-23(8-12-43-31(37)38)18-27(16-21)25-6-1-7-26(20-25)28-17-22(5-3-11-42-30(35)36)15-24(19-28)9-13-44-32(39)40/h1,6-7,14-20H,2-5,8-13H2,(H4,33,34,41)(H4,35,36,42)(H4,37,38,43)(H4,39,40,44). The largest absolute Gasteiger partial charge is 0.370 e. The summed E-state index contributed by atoms with van der Waals surface area (Å²) in [6.45, 7) is 2.16. The van der Waals surface area contributed by atoms with Crippen LogP contribution in [-0.4, -0.2) is 50.0 Å². The Kier molecular flexibility index (Phi) is 12.8. The Morgan fingerprint density at radius 3 is 1.09 bits per heavy atom. The number of hydrogen-bond donors (Lipinski definition) is 8. The molecule has 0 aliphatic heterocycles. The van der Waals surface area contributed by atoms with Crippen molar-refractivity contribution in [2.45, 2.75) is 38.5 Å². The third kappa shape index (κ3) is 11.9. The summed E-state index contributed by atoms with van der Waals surface area (Å²) in [6.07, 6.45) is 4.75. The molecule has 0 amide bonds.